The standard InChI is InChI=1S/C12H13N3OS/c16-12(8-10-2-1-7-17-10)15-6-5-14-4-3-13-11(14)9-15/h1-4,7H,5-6,8-9H2. The summed E-state index contributed by atoms with van der Waals surface area (Å²) in [4.78, 5) is 19.4. The lowest BCUT2D eigenvalue weighted by molar-refractivity contribution is -0.131. The van der Waals surface area contributed by atoms with Crippen LogP contribution in [0.15, 0.2) is 29.9 Å². The molecule has 1 aliphatic rings. The van der Waals surface area contributed by atoms with Gasteiger partial charge >= 0.3 is 0 Å². The molecule has 3 rings (SSSR count). The second-order valence-corrected chi connectivity index (χ2v) is 5.14. The molecule has 0 aliphatic carbocycles. The van der Waals surface area contributed by atoms with Crippen LogP contribution in [0.5, 0.6) is 0 Å². The Morgan fingerprint density at radius 1 is 1.47 bits per heavy atom. The Bertz CT molecular complexity index is 518. The zero-order valence-electron chi connectivity index (χ0n) is 9.37. The molecule has 0 unspecified atom stereocenters. The molecule has 0 fully saturated rings. The van der Waals surface area contributed by atoms with E-state index < -0.39 is 0 Å². The molecule has 0 atom stereocenters. The smallest absolute Gasteiger partial charge is 0.228 e. The summed E-state index contributed by atoms with van der Waals surface area (Å²) < 4.78 is 2.11. The number of fused-ring (bicyclic) bond motifs is 1. The van der Waals surface area contributed by atoms with Crippen LogP contribution in [-0.2, 0) is 24.3 Å². The maximum Gasteiger partial charge on any atom is 0.228 e. The van der Waals surface area contributed by atoms with Crippen molar-refractivity contribution in [3.63, 3.8) is 0 Å². The Morgan fingerprint density at radius 2 is 2.41 bits per heavy atom. The van der Waals surface area contributed by atoms with Gasteiger partial charge in [-0.2, -0.15) is 0 Å². The molecular weight excluding hydrogens is 234 g/mol. The van der Waals surface area contributed by atoms with Crippen molar-refractivity contribution in [2.24, 2.45) is 0 Å². The molecule has 5 heteroatoms. The van der Waals surface area contributed by atoms with Crippen molar-refractivity contribution in [2.75, 3.05) is 6.54 Å². The highest BCUT2D eigenvalue weighted by Gasteiger charge is 2.21. The second kappa shape index (κ2) is 4.33. The molecule has 1 amide bonds. The molecule has 0 bridgehead atoms. The van der Waals surface area contributed by atoms with Gasteiger partial charge in [0.25, 0.3) is 0 Å². The highest BCUT2D eigenvalue weighted by molar-refractivity contribution is 7.10. The minimum atomic E-state index is 0.196. The minimum absolute atomic E-state index is 0.196. The van der Waals surface area contributed by atoms with Gasteiger partial charge in [0.15, 0.2) is 0 Å². The monoisotopic (exact) mass is 247 g/mol. The van der Waals surface area contributed by atoms with Crippen LogP contribution in [0, 0.1) is 0 Å². The fraction of sp³-hybridized carbons (Fsp3) is 0.333. The molecule has 1 aliphatic heterocycles. The summed E-state index contributed by atoms with van der Waals surface area (Å²) in [6.07, 6.45) is 4.28. The van der Waals surface area contributed by atoms with Crippen molar-refractivity contribution < 1.29 is 4.79 Å². The highest BCUT2D eigenvalue weighted by Crippen LogP contribution is 2.14. The third-order valence-electron chi connectivity index (χ3n) is 3.00. The number of amides is 1. The third kappa shape index (κ3) is 2.10. The lowest BCUT2D eigenvalue weighted by atomic mass is 10.2. The average Bonchev–Trinajstić information content (AvgIpc) is 2.97. The number of thiophene rings is 1. The number of aromatic nitrogens is 2. The van der Waals surface area contributed by atoms with Gasteiger partial charge in [0, 0.05) is 30.4 Å². The fourth-order valence-electron chi connectivity index (χ4n) is 2.06. The number of carbonyl (C=O) groups is 1. The molecule has 2 aromatic heterocycles. The van der Waals surface area contributed by atoms with Gasteiger partial charge in [0.05, 0.1) is 13.0 Å². The van der Waals surface area contributed by atoms with Gasteiger partial charge in [0.1, 0.15) is 5.82 Å². The number of hydrogen-bond donors (Lipinski definition) is 0. The van der Waals surface area contributed by atoms with Crippen molar-refractivity contribution in [3.05, 3.63) is 40.6 Å². The fourth-order valence-corrected chi connectivity index (χ4v) is 2.76. The Balaban J connectivity index is 1.68. The quantitative estimate of drug-likeness (QED) is 0.807. The average molecular weight is 247 g/mol. The van der Waals surface area contributed by atoms with Gasteiger partial charge < -0.3 is 9.47 Å². The number of rotatable bonds is 2. The zero-order valence-corrected chi connectivity index (χ0v) is 10.2. The van der Waals surface area contributed by atoms with E-state index in [9.17, 15) is 4.79 Å². The van der Waals surface area contributed by atoms with E-state index in [1.54, 1.807) is 17.5 Å². The molecule has 3 heterocycles. The summed E-state index contributed by atoms with van der Waals surface area (Å²) >= 11 is 1.63. The lowest BCUT2D eigenvalue weighted by Crippen LogP contribution is -2.39. The van der Waals surface area contributed by atoms with E-state index in [0.717, 1.165) is 23.8 Å². The van der Waals surface area contributed by atoms with Gasteiger partial charge in [-0.3, -0.25) is 4.79 Å². The van der Waals surface area contributed by atoms with E-state index in [2.05, 4.69) is 9.55 Å². The van der Waals surface area contributed by atoms with Crippen LogP contribution in [0.4, 0.5) is 0 Å². The SMILES string of the molecule is O=C(Cc1cccs1)N1CCn2ccnc2C1. The molecular formula is C12H13N3OS. The molecule has 2 aromatic rings. The van der Waals surface area contributed by atoms with E-state index in [-0.39, 0.29) is 5.91 Å². The Morgan fingerprint density at radius 3 is 3.24 bits per heavy atom. The summed E-state index contributed by atoms with van der Waals surface area (Å²) in [5.41, 5.74) is 0. The first-order chi connectivity index (χ1) is 8.33. The molecule has 0 saturated carbocycles. The largest absolute Gasteiger partial charge is 0.333 e. The predicted octanol–water partition coefficient (Wildman–Crippen LogP) is 1.53. The Hall–Kier alpha value is -1.62. The minimum Gasteiger partial charge on any atom is -0.333 e. The second-order valence-electron chi connectivity index (χ2n) is 4.11. The van der Waals surface area contributed by atoms with E-state index in [1.165, 1.54) is 0 Å². The topological polar surface area (TPSA) is 38.1 Å². The molecule has 0 aromatic carbocycles. The van der Waals surface area contributed by atoms with E-state index in [4.69, 9.17) is 0 Å². The molecule has 17 heavy (non-hydrogen) atoms. The molecule has 88 valence electrons. The molecule has 0 radical (unpaired) electrons. The Kier molecular flexibility index (Phi) is 2.68. The third-order valence-corrected chi connectivity index (χ3v) is 3.88. The normalized spacial score (nSPS) is 14.7. The van der Waals surface area contributed by atoms with E-state index >= 15 is 0 Å². The van der Waals surface area contributed by atoms with Crippen molar-refractivity contribution in [1.29, 1.82) is 0 Å². The van der Waals surface area contributed by atoms with Crippen LogP contribution in [0.25, 0.3) is 0 Å². The van der Waals surface area contributed by atoms with Gasteiger partial charge in [-0.15, -0.1) is 11.3 Å². The summed E-state index contributed by atoms with van der Waals surface area (Å²) in [6, 6.07) is 3.99. The van der Waals surface area contributed by atoms with Gasteiger partial charge in [-0.25, -0.2) is 4.98 Å². The first-order valence-corrected chi connectivity index (χ1v) is 6.51. The molecule has 4 nitrogen and oxygen atoms in total. The predicted molar refractivity (Wildman–Crippen MR) is 65.7 cm³/mol. The van der Waals surface area contributed by atoms with Gasteiger partial charge in [-0.05, 0) is 11.4 Å². The lowest BCUT2D eigenvalue weighted by Gasteiger charge is -2.27. The maximum atomic E-state index is 12.1. The van der Waals surface area contributed by atoms with Crippen molar-refractivity contribution in [2.45, 2.75) is 19.5 Å². The number of carbonyl (C=O) groups excluding carboxylic acids is 1. The Labute approximate surface area is 104 Å². The van der Waals surface area contributed by atoms with Crippen molar-refractivity contribution in [3.8, 4) is 0 Å². The molecule has 0 spiro atoms. The van der Waals surface area contributed by atoms with Crippen LogP contribution < -0.4 is 0 Å². The first kappa shape index (κ1) is 10.5. The van der Waals surface area contributed by atoms with Crippen LogP contribution in [0.1, 0.15) is 10.7 Å². The highest BCUT2D eigenvalue weighted by atomic mass is 32.1. The summed E-state index contributed by atoms with van der Waals surface area (Å²) in [6.45, 7) is 2.27. The molecule has 0 N–H and O–H groups in total. The van der Waals surface area contributed by atoms with Gasteiger partial charge in [-0.1, -0.05) is 6.07 Å². The van der Waals surface area contributed by atoms with Crippen molar-refractivity contribution >= 4 is 17.2 Å². The zero-order chi connectivity index (χ0) is 11.7. The first-order valence-electron chi connectivity index (χ1n) is 5.63. The summed E-state index contributed by atoms with van der Waals surface area (Å²) in [5.74, 6) is 1.18. The van der Waals surface area contributed by atoms with Crippen LogP contribution in [0.2, 0.25) is 0 Å². The van der Waals surface area contributed by atoms with Crippen LogP contribution >= 0.6 is 11.3 Å². The van der Waals surface area contributed by atoms with Crippen LogP contribution in [-0.4, -0.2) is 26.9 Å². The summed E-state index contributed by atoms with van der Waals surface area (Å²) in [7, 11) is 0. The number of hydrogen-bond acceptors (Lipinski definition) is 3. The maximum absolute atomic E-state index is 12.1. The van der Waals surface area contributed by atoms with E-state index in [0.29, 0.717) is 13.0 Å². The molecule has 0 saturated heterocycles. The van der Waals surface area contributed by atoms with E-state index in [1.807, 2.05) is 28.6 Å². The van der Waals surface area contributed by atoms with Gasteiger partial charge in [0.2, 0.25) is 5.91 Å². The number of nitrogens with zero attached hydrogens (tertiary/aromatic N) is 3. The van der Waals surface area contributed by atoms with Crippen LogP contribution in [0.3, 0.4) is 0 Å². The summed E-state index contributed by atoms with van der Waals surface area (Å²) in [5, 5.41) is 2.01. The number of imidazole rings is 1. The van der Waals surface area contributed by atoms with Crippen molar-refractivity contribution in [1.82, 2.24) is 14.5 Å².